The lowest BCUT2D eigenvalue weighted by atomic mass is 10.1. The van der Waals surface area contributed by atoms with Gasteiger partial charge in [0, 0.05) is 24.7 Å². The Kier molecular flexibility index (Phi) is 5.58. The third-order valence-electron chi connectivity index (χ3n) is 4.31. The summed E-state index contributed by atoms with van der Waals surface area (Å²) in [6, 6.07) is 10.8. The van der Waals surface area contributed by atoms with Crippen LogP contribution in [0, 0.1) is 0 Å². The molecule has 0 bridgehead atoms. The summed E-state index contributed by atoms with van der Waals surface area (Å²) in [5.74, 6) is 0.0620. The van der Waals surface area contributed by atoms with Gasteiger partial charge < -0.3 is 4.90 Å². The van der Waals surface area contributed by atoms with Crippen molar-refractivity contribution in [1.29, 1.82) is 0 Å². The molecule has 1 heterocycles. The highest BCUT2D eigenvalue weighted by Crippen LogP contribution is 2.27. The SMILES string of the molecule is C[C@@H](NS(=O)(=O)c1ccc(N2CCCC2=O)cc1)c1ccc(Cl)c(Cl)c1. The first-order chi connectivity index (χ1) is 12.3. The van der Waals surface area contributed by atoms with E-state index in [0.717, 1.165) is 6.42 Å². The average Bonchev–Trinajstić information content (AvgIpc) is 3.03. The number of rotatable bonds is 5. The van der Waals surface area contributed by atoms with Crippen LogP contribution >= 0.6 is 23.2 Å². The molecule has 26 heavy (non-hydrogen) atoms. The fraction of sp³-hybridized carbons (Fsp3) is 0.278. The molecule has 1 aliphatic rings. The van der Waals surface area contributed by atoms with Gasteiger partial charge in [-0.05, 0) is 55.3 Å². The second-order valence-corrected chi connectivity index (χ2v) is 8.69. The molecular weight excluding hydrogens is 395 g/mol. The van der Waals surface area contributed by atoms with E-state index >= 15 is 0 Å². The van der Waals surface area contributed by atoms with E-state index in [9.17, 15) is 13.2 Å². The minimum absolute atomic E-state index is 0.0620. The Hall–Kier alpha value is -1.60. The van der Waals surface area contributed by atoms with E-state index in [1.807, 2.05) is 0 Å². The van der Waals surface area contributed by atoms with E-state index in [4.69, 9.17) is 23.2 Å². The van der Waals surface area contributed by atoms with Crippen molar-refractivity contribution < 1.29 is 13.2 Å². The maximum absolute atomic E-state index is 12.6. The molecule has 0 aliphatic carbocycles. The van der Waals surface area contributed by atoms with Crippen molar-refractivity contribution in [3.8, 4) is 0 Å². The number of benzene rings is 2. The standard InChI is InChI=1S/C18H18Cl2N2O3S/c1-12(13-4-9-16(19)17(20)11-13)21-26(24,25)15-7-5-14(6-8-15)22-10-2-3-18(22)23/h4-9,11-12,21H,2-3,10H2,1H3/t12-/m1/s1. The Balaban J connectivity index is 1.77. The molecule has 2 aromatic rings. The minimum Gasteiger partial charge on any atom is -0.312 e. The molecule has 0 aromatic heterocycles. The van der Waals surface area contributed by atoms with Crippen molar-refractivity contribution in [1.82, 2.24) is 4.72 Å². The van der Waals surface area contributed by atoms with Crippen LogP contribution in [0.15, 0.2) is 47.4 Å². The summed E-state index contributed by atoms with van der Waals surface area (Å²) < 4.78 is 27.9. The van der Waals surface area contributed by atoms with Crippen LogP contribution in [0.1, 0.15) is 31.4 Å². The van der Waals surface area contributed by atoms with Crippen molar-refractivity contribution >= 4 is 44.8 Å². The summed E-state index contributed by atoms with van der Waals surface area (Å²) >= 11 is 11.9. The van der Waals surface area contributed by atoms with E-state index < -0.39 is 16.1 Å². The van der Waals surface area contributed by atoms with E-state index in [1.165, 1.54) is 12.1 Å². The number of nitrogens with zero attached hydrogens (tertiary/aromatic N) is 1. The fourth-order valence-corrected chi connectivity index (χ4v) is 4.42. The van der Waals surface area contributed by atoms with Gasteiger partial charge in [0.25, 0.3) is 0 Å². The molecule has 0 radical (unpaired) electrons. The van der Waals surface area contributed by atoms with Gasteiger partial charge in [0.2, 0.25) is 15.9 Å². The van der Waals surface area contributed by atoms with E-state index in [1.54, 1.807) is 42.2 Å². The first-order valence-corrected chi connectivity index (χ1v) is 10.4. The summed E-state index contributed by atoms with van der Waals surface area (Å²) in [5, 5.41) is 0.785. The second-order valence-electron chi connectivity index (χ2n) is 6.16. The molecule has 1 amide bonds. The molecule has 138 valence electrons. The first kappa shape index (κ1) is 19.2. The van der Waals surface area contributed by atoms with Gasteiger partial charge in [-0.3, -0.25) is 4.79 Å². The maximum Gasteiger partial charge on any atom is 0.241 e. The smallest absolute Gasteiger partial charge is 0.241 e. The van der Waals surface area contributed by atoms with E-state index in [2.05, 4.69) is 4.72 Å². The Morgan fingerprint density at radius 2 is 1.77 bits per heavy atom. The summed E-state index contributed by atoms with van der Waals surface area (Å²) in [6.07, 6.45) is 1.35. The molecule has 0 spiro atoms. The summed E-state index contributed by atoms with van der Waals surface area (Å²) in [7, 11) is -3.71. The highest BCUT2D eigenvalue weighted by molar-refractivity contribution is 7.89. The van der Waals surface area contributed by atoms with Gasteiger partial charge in [0.1, 0.15) is 0 Å². The zero-order valence-corrected chi connectivity index (χ0v) is 16.4. The molecule has 3 rings (SSSR count). The number of carbonyl (C=O) groups excluding carboxylic acids is 1. The summed E-state index contributed by atoms with van der Waals surface area (Å²) in [6.45, 7) is 2.39. The number of hydrogen-bond donors (Lipinski definition) is 1. The average molecular weight is 413 g/mol. The van der Waals surface area contributed by atoms with Crippen LogP contribution in [-0.4, -0.2) is 20.9 Å². The van der Waals surface area contributed by atoms with Crippen molar-refractivity contribution in [2.45, 2.75) is 30.7 Å². The van der Waals surface area contributed by atoms with Gasteiger partial charge >= 0.3 is 0 Å². The van der Waals surface area contributed by atoms with Gasteiger partial charge in [0.15, 0.2) is 0 Å². The minimum atomic E-state index is -3.71. The van der Waals surface area contributed by atoms with Crippen molar-refractivity contribution in [2.75, 3.05) is 11.4 Å². The Morgan fingerprint density at radius 3 is 2.35 bits per heavy atom. The fourth-order valence-electron chi connectivity index (χ4n) is 2.88. The third-order valence-corrected chi connectivity index (χ3v) is 6.60. The molecule has 5 nitrogen and oxygen atoms in total. The number of sulfonamides is 1. The normalized spacial score (nSPS) is 16.1. The molecular formula is C18H18Cl2N2O3S. The van der Waals surface area contributed by atoms with Crippen molar-refractivity contribution in [2.24, 2.45) is 0 Å². The highest BCUT2D eigenvalue weighted by atomic mass is 35.5. The monoisotopic (exact) mass is 412 g/mol. The van der Waals surface area contributed by atoms with E-state index in [0.29, 0.717) is 34.3 Å². The summed E-state index contributed by atoms with van der Waals surface area (Å²) in [5.41, 5.74) is 1.42. The second kappa shape index (κ2) is 7.56. The van der Waals surface area contributed by atoms with Crippen LogP contribution in [0.25, 0.3) is 0 Å². The molecule has 1 N–H and O–H groups in total. The number of carbonyl (C=O) groups is 1. The van der Waals surface area contributed by atoms with Crippen LogP contribution in [-0.2, 0) is 14.8 Å². The van der Waals surface area contributed by atoms with Crippen LogP contribution in [0.5, 0.6) is 0 Å². The van der Waals surface area contributed by atoms with Gasteiger partial charge in [-0.1, -0.05) is 29.3 Å². The Bertz CT molecular complexity index is 930. The van der Waals surface area contributed by atoms with Crippen molar-refractivity contribution in [3.63, 3.8) is 0 Å². The zero-order valence-electron chi connectivity index (χ0n) is 14.1. The van der Waals surface area contributed by atoms with Gasteiger partial charge in [-0.15, -0.1) is 0 Å². The van der Waals surface area contributed by atoms with Crippen LogP contribution in [0.4, 0.5) is 5.69 Å². The van der Waals surface area contributed by atoms with Crippen LogP contribution in [0.2, 0.25) is 10.0 Å². The number of anilines is 1. The predicted molar refractivity (Wildman–Crippen MR) is 103 cm³/mol. The molecule has 1 atom stereocenters. The van der Waals surface area contributed by atoms with Gasteiger partial charge in [-0.2, -0.15) is 0 Å². The van der Waals surface area contributed by atoms with Crippen LogP contribution in [0.3, 0.4) is 0 Å². The predicted octanol–water partition coefficient (Wildman–Crippen LogP) is 4.16. The molecule has 0 saturated carbocycles. The lowest BCUT2D eigenvalue weighted by molar-refractivity contribution is -0.117. The lowest BCUT2D eigenvalue weighted by Crippen LogP contribution is -2.27. The molecule has 1 saturated heterocycles. The molecule has 0 unspecified atom stereocenters. The quantitative estimate of drug-likeness (QED) is 0.801. The molecule has 1 fully saturated rings. The Morgan fingerprint density at radius 1 is 1.08 bits per heavy atom. The molecule has 1 aliphatic heterocycles. The lowest BCUT2D eigenvalue weighted by Gasteiger charge is -2.17. The van der Waals surface area contributed by atoms with Gasteiger partial charge in [-0.25, -0.2) is 13.1 Å². The number of hydrogen-bond acceptors (Lipinski definition) is 3. The van der Waals surface area contributed by atoms with E-state index in [-0.39, 0.29) is 10.8 Å². The maximum atomic E-state index is 12.6. The number of halogens is 2. The topological polar surface area (TPSA) is 66.5 Å². The largest absolute Gasteiger partial charge is 0.312 e. The van der Waals surface area contributed by atoms with Gasteiger partial charge in [0.05, 0.1) is 14.9 Å². The van der Waals surface area contributed by atoms with Crippen molar-refractivity contribution in [3.05, 3.63) is 58.1 Å². The number of nitrogens with one attached hydrogen (secondary N) is 1. The zero-order chi connectivity index (χ0) is 18.9. The Labute approximate surface area is 163 Å². The third kappa shape index (κ3) is 4.04. The highest BCUT2D eigenvalue weighted by Gasteiger charge is 2.23. The van der Waals surface area contributed by atoms with Crippen LogP contribution < -0.4 is 9.62 Å². The summed E-state index contributed by atoms with van der Waals surface area (Å²) in [4.78, 5) is 13.6. The first-order valence-electron chi connectivity index (χ1n) is 8.15. The molecule has 2 aromatic carbocycles. The molecule has 8 heteroatoms. The number of amides is 1.